The van der Waals surface area contributed by atoms with Gasteiger partial charge in [-0.1, -0.05) is 12.1 Å². The molecule has 2 aromatic carbocycles. The maximum Gasteiger partial charge on any atom is 0.182 e. The molecule has 0 aliphatic rings. The molecule has 0 unspecified atom stereocenters. The van der Waals surface area contributed by atoms with Gasteiger partial charge in [0.2, 0.25) is 0 Å². The van der Waals surface area contributed by atoms with Crippen LogP contribution in [0, 0.1) is 5.82 Å². The minimum Gasteiger partial charge on any atom is -0.505 e. The van der Waals surface area contributed by atoms with Crippen molar-refractivity contribution >= 4 is 16.6 Å². The van der Waals surface area contributed by atoms with Gasteiger partial charge in [0.15, 0.2) is 23.0 Å². The summed E-state index contributed by atoms with van der Waals surface area (Å²) in [6.07, 6.45) is 1.57. The molecule has 0 bridgehead atoms. The molecule has 0 saturated carbocycles. The van der Waals surface area contributed by atoms with Crippen molar-refractivity contribution in [2.24, 2.45) is 0 Å². The van der Waals surface area contributed by atoms with Crippen LogP contribution in [0.1, 0.15) is 0 Å². The molecule has 0 radical (unpaired) electrons. The summed E-state index contributed by atoms with van der Waals surface area (Å²) in [5, 5.41) is 14.4. The lowest BCUT2D eigenvalue weighted by Gasteiger charge is -1.97. The van der Waals surface area contributed by atoms with Gasteiger partial charge in [-0.3, -0.25) is 0 Å². The third kappa shape index (κ3) is 1.80. The standard InChI is InChI=1S/C15H9FN4O/c16-11-7-9(5-6-13(11)21)14-18-15-10-3-1-2-4-12(10)17-8-20(15)19-14/h1-8,21H. The van der Waals surface area contributed by atoms with E-state index in [4.69, 9.17) is 0 Å². The number of aromatic nitrogens is 4. The Labute approximate surface area is 118 Å². The SMILES string of the molecule is Oc1ccc(-c2nc3c4ccccc4ncn3n2)cc1F. The fraction of sp³-hybridized carbons (Fsp3) is 0. The van der Waals surface area contributed by atoms with E-state index in [-0.39, 0.29) is 0 Å². The zero-order valence-corrected chi connectivity index (χ0v) is 10.7. The second kappa shape index (κ2) is 4.24. The van der Waals surface area contributed by atoms with Gasteiger partial charge in [-0.25, -0.2) is 18.9 Å². The minimum atomic E-state index is -0.700. The van der Waals surface area contributed by atoms with Gasteiger partial charge in [0.25, 0.3) is 0 Å². The Morgan fingerprint density at radius 2 is 1.95 bits per heavy atom. The van der Waals surface area contributed by atoms with Crippen molar-refractivity contribution in [3.8, 4) is 17.1 Å². The molecule has 21 heavy (non-hydrogen) atoms. The van der Waals surface area contributed by atoms with Crippen molar-refractivity contribution in [3.05, 3.63) is 54.6 Å². The highest BCUT2D eigenvalue weighted by molar-refractivity contribution is 5.91. The van der Waals surface area contributed by atoms with Crippen molar-refractivity contribution in [1.29, 1.82) is 0 Å². The van der Waals surface area contributed by atoms with Gasteiger partial charge in [0, 0.05) is 10.9 Å². The Bertz CT molecular complexity index is 980. The molecule has 0 aliphatic heterocycles. The fourth-order valence-corrected chi connectivity index (χ4v) is 2.25. The molecule has 0 fully saturated rings. The van der Waals surface area contributed by atoms with E-state index in [0.717, 1.165) is 10.9 Å². The summed E-state index contributed by atoms with van der Waals surface area (Å²) in [7, 11) is 0. The summed E-state index contributed by atoms with van der Waals surface area (Å²) in [4.78, 5) is 8.74. The summed E-state index contributed by atoms with van der Waals surface area (Å²) in [5.41, 5.74) is 1.98. The predicted molar refractivity (Wildman–Crippen MR) is 75.3 cm³/mol. The van der Waals surface area contributed by atoms with Crippen LogP contribution >= 0.6 is 0 Å². The van der Waals surface area contributed by atoms with Crippen LogP contribution in [0.3, 0.4) is 0 Å². The Balaban J connectivity index is 1.98. The molecule has 0 spiro atoms. The number of halogens is 1. The number of rotatable bonds is 1. The molecule has 5 nitrogen and oxygen atoms in total. The number of benzene rings is 2. The van der Waals surface area contributed by atoms with Crippen molar-refractivity contribution in [2.75, 3.05) is 0 Å². The van der Waals surface area contributed by atoms with Gasteiger partial charge in [-0.05, 0) is 30.3 Å². The Morgan fingerprint density at radius 3 is 2.81 bits per heavy atom. The summed E-state index contributed by atoms with van der Waals surface area (Å²) in [6, 6.07) is 11.7. The third-order valence-corrected chi connectivity index (χ3v) is 3.29. The summed E-state index contributed by atoms with van der Waals surface area (Å²) in [5.74, 6) is -0.712. The number of phenols is 1. The van der Waals surface area contributed by atoms with Crippen molar-refractivity contribution in [3.63, 3.8) is 0 Å². The quantitative estimate of drug-likeness (QED) is 0.582. The molecule has 4 aromatic rings. The number of hydrogen-bond donors (Lipinski definition) is 1. The van der Waals surface area contributed by atoms with E-state index in [1.165, 1.54) is 12.1 Å². The predicted octanol–water partition coefficient (Wildman–Crippen LogP) is 2.79. The lowest BCUT2D eigenvalue weighted by Crippen LogP contribution is -1.90. The first-order valence-electron chi connectivity index (χ1n) is 6.31. The summed E-state index contributed by atoms with van der Waals surface area (Å²) < 4.78 is 15.0. The molecule has 0 saturated heterocycles. The molecule has 1 N–H and O–H groups in total. The van der Waals surface area contributed by atoms with Crippen molar-refractivity contribution in [1.82, 2.24) is 19.6 Å². The topological polar surface area (TPSA) is 63.3 Å². The lowest BCUT2D eigenvalue weighted by molar-refractivity contribution is 0.432. The zero-order chi connectivity index (χ0) is 14.4. The third-order valence-electron chi connectivity index (χ3n) is 3.29. The molecule has 0 aliphatic carbocycles. The first-order chi connectivity index (χ1) is 10.2. The second-order valence-corrected chi connectivity index (χ2v) is 4.63. The van der Waals surface area contributed by atoms with Gasteiger partial charge in [0.05, 0.1) is 5.52 Å². The maximum atomic E-state index is 13.4. The van der Waals surface area contributed by atoms with Crippen LogP contribution in [0.15, 0.2) is 48.8 Å². The number of fused-ring (bicyclic) bond motifs is 3. The van der Waals surface area contributed by atoms with Crippen molar-refractivity contribution in [2.45, 2.75) is 0 Å². The van der Waals surface area contributed by atoms with E-state index in [0.29, 0.717) is 17.0 Å². The number of phenolic OH excluding ortho intramolecular Hbond substituents is 1. The average Bonchev–Trinajstić information content (AvgIpc) is 2.94. The van der Waals surface area contributed by atoms with Gasteiger partial charge in [-0.2, -0.15) is 0 Å². The van der Waals surface area contributed by atoms with E-state index in [1.54, 1.807) is 16.9 Å². The molecule has 0 amide bonds. The average molecular weight is 280 g/mol. The summed E-state index contributed by atoms with van der Waals surface area (Å²) >= 11 is 0. The lowest BCUT2D eigenvalue weighted by atomic mass is 10.2. The van der Waals surface area contributed by atoms with E-state index in [1.807, 2.05) is 24.3 Å². The van der Waals surface area contributed by atoms with Crippen LogP contribution < -0.4 is 0 Å². The highest BCUT2D eigenvalue weighted by atomic mass is 19.1. The van der Waals surface area contributed by atoms with Crippen LogP contribution in [0.5, 0.6) is 5.75 Å². The molecule has 102 valence electrons. The van der Waals surface area contributed by atoms with Gasteiger partial charge >= 0.3 is 0 Å². The van der Waals surface area contributed by atoms with Crippen LogP contribution in [-0.2, 0) is 0 Å². The van der Waals surface area contributed by atoms with Crippen LogP contribution in [-0.4, -0.2) is 24.7 Å². The van der Waals surface area contributed by atoms with E-state index in [2.05, 4.69) is 15.1 Å². The van der Waals surface area contributed by atoms with E-state index < -0.39 is 11.6 Å². The first-order valence-corrected chi connectivity index (χ1v) is 6.31. The normalized spacial score (nSPS) is 11.3. The van der Waals surface area contributed by atoms with Crippen LogP contribution in [0.25, 0.3) is 27.9 Å². The Morgan fingerprint density at radius 1 is 1.10 bits per heavy atom. The van der Waals surface area contributed by atoms with Gasteiger partial charge in [0.1, 0.15) is 6.33 Å². The molecule has 6 heteroatoms. The van der Waals surface area contributed by atoms with Crippen molar-refractivity contribution < 1.29 is 9.50 Å². The number of aromatic hydroxyl groups is 1. The largest absolute Gasteiger partial charge is 0.505 e. The summed E-state index contributed by atoms with van der Waals surface area (Å²) in [6.45, 7) is 0. The van der Waals surface area contributed by atoms with Gasteiger partial charge < -0.3 is 5.11 Å². The molecule has 0 atom stereocenters. The van der Waals surface area contributed by atoms with Gasteiger partial charge in [-0.15, -0.1) is 5.10 Å². The molecular formula is C15H9FN4O. The van der Waals surface area contributed by atoms with E-state index >= 15 is 0 Å². The monoisotopic (exact) mass is 280 g/mol. The maximum absolute atomic E-state index is 13.4. The molecular weight excluding hydrogens is 271 g/mol. The number of hydrogen-bond acceptors (Lipinski definition) is 4. The molecule has 4 rings (SSSR count). The number of nitrogens with zero attached hydrogens (tertiary/aromatic N) is 4. The first kappa shape index (κ1) is 11.8. The Hall–Kier alpha value is -3.02. The van der Waals surface area contributed by atoms with Crippen LogP contribution in [0.2, 0.25) is 0 Å². The highest BCUT2D eigenvalue weighted by Gasteiger charge is 2.11. The fourth-order valence-electron chi connectivity index (χ4n) is 2.25. The van der Waals surface area contributed by atoms with Crippen LogP contribution in [0.4, 0.5) is 4.39 Å². The number of para-hydroxylation sites is 1. The molecule has 2 heterocycles. The van der Waals surface area contributed by atoms with E-state index in [9.17, 15) is 9.50 Å². The second-order valence-electron chi connectivity index (χ2n) is 4.63. The minimum absolute atomic E-state index is 0.382. The molecule has 2 aromatic heterocycles. The zero-order valence-electron chi connectivity index (χ0n) is 10.7. The Kier molecular flexibility index (Phi) is 2.38. The highest BCUT2D eigenvalue weighted by Crippen LogP contribution is 2.24. The smallest absolute Gasteiger partial charge is 0.182 e.